The molecule has 172 valence electrons. The van der Waals surface area contributed by atoms with E-state index in [-0.39, 0.29) is 33.7 Å². The number of aromatic nitrogens is 2. The molecule has 4 rings (SSSR count). The Morgan fingerprint density at radius 2 is 1.76 bits per heavy atom. The highest BCUT2D eigenvalue weighted by Crippen LogP contribution is 2.34. The number of halogens is 3. The van der Waals surface area contributed by atoms with Crippen molar-refractivity contribution in [2.24, 2.45) is 0 Å². The smallest absolute Gasteiger partial charge is 0.362 e. The normalized spacial score (nSPS) is 19.4. The summed E-state index contributed by atoms with van der Waals surface area (Å²) in [6.45, 7) is 0.818. The van der Waals surface area contributed by atoms with E-state index < -0.39 is 35.2 Å². The van der Waals surface area contributed by atoms with Crippen LogP contribution in [-0.2, 0) is 19.0 Å². The zero-order valence-electron chi connectivity index (χ0n) is 17.2. The molecule has 2 atom stereocenters. The number of aryl methyl sites for hydroxylation is 1. The van der Waals surface area contributed by atoms with Crippen molar-refractivity contribution in [3.63, 3.8) is 0 Å². The van der Waals surface area contributed by atoms with E-state index in [9.17, 15) is 26.9 Å². The molecule has 2 heterocycles. The van der Waals surface area contributed by atoms with Gasteiger partial charge in [-0.15, -0.1) is 0 Å². The Morgan fingerprint density at radius 3 is 2.39 bits per heavy atom. The fourth-order valence-electron chi connectivity index (χ4n) is 3.44. The van der Waals surface area contributed by atoms with Crippen molar-refractivity contribution in [1.29, 1.82) is 5.26 Å². The fraction of sp³-hybridized carbons (Fsp3) is 0.286. The van der Waals surface area contributed by atoms with Crippen molar-refractivity contribution in [1.82, 2.24) is 9.97 Å². The molecule has 0 unspecified atom stereocenters. The molecular weight excluding hydrogens is 461 g/mol. The number of rotatable bonds is 4. The summed E-state index contributed by atoms with van der Waals surface area (Å²) in [6.07, 6.45) is -6.11. The fourth-order valence-corrected chi connectivity index (χ4v) is 4.41. The van der Waals surface area contributed by atoms with E-state index in [1.165, 1.54) is 41.6 Å². The molecular formula is C21H17F3N4O4S. The standard InChI is InChI=1S/C21H17F3N4O4S/c1-13-2-5-15(6-3-13)33(29,30)32-18-12-28(11-17(31-18)21(22,23)24)16-7-4-14(10-25)19-20(16)27-9-8-26-19/h2-9,17-18H,11-12H2,1H3/t17-,18-/m0/s1. The zero-order valence-corrected chi connectivity index (χ0v) is 18.0. The van der Waals surface area contributed by atoms with Gasteiger partial charge in [0.25, 0.3) is 10.1 Å². The van der Waals surface area contributed by atoms with Gasteiger partial charge in [-0.3, -0.25) is 9.97 Å². The predicted molar refractivity (Wildman–Crippen MR) is 111 cm³/mol. The van der Waals surface area contributed by atoms with E-state index in [1.807, 2.05) is 6.07 Å². The number of benzene rings is 2. The van der Waals surface area contributed by atoms with Crippen molar-refractivity contribution in [2.75, 3.05) is 18.0 Å². The van der Waals surface area contributed by atoms with Gasteiger partial charge in [0.2, 0.25) is 0 Å². The Bertz CT molecular complexity index is 1320. The highest BCUT2D eigenvalue weighted by Gasteiger charge is 2.47. The van der Waals surface area contributed by atoms with Crippen LogP contribution in [0, 0.1) is 18.3 Å². The maximum Gasteiger partial charge on any atom is 0.416 e. The number of fused-ring (bicyclic) bond motifs is 1. The summed E-state index contributed by atoms with van der Waals surface area (Å²) in [7, 11) is -4.39. The monoisotopic (exact) mass is 478 g/mol. The summed E-state index contributed by atoms with van der Waals surface area (Å²) in [5, 5.41) is 9.29. The molecule has 0 spiro atoms. The maximum absolute atomic E-state index is 13.6. The van der Waals surface area contributed by atoms with Crippen LogP contribution >= 0.6 is 0 Å². The maximum atomic E-state index is 13.6. The first-order chi connectivity index (χ1) is 15.6. The van der Waals surface area contributed by atoms with Crippen LogP contribution < -0.4 is 4.90 Å². The zero-order chi connectivity index (χ0) is 23.8. The summed E-state index contributed by atoms with van der Waals surface area (Å²) in [5.74, 6) is 0. The Hall–Kier alpha value is -3.27. The number of nitriles is 1. The van der Waals surface area contributed by atoms with Gasteiger partial charge in [-0.1, -0.05) is 17.7 Å². The molecule has 0 amide bonds. The first-order valence-corrected chi connectivity index (χ1v) is 11.1. The molecule has 2 aromatic carbocycles. The molecule has 0 saturated carbocycles. The molecule has 33 heavy (non-hydrogen) atoms. The van der Waals surface area contributed by atoms with Gasteiger partial charge < -0.3 is 9.64 Å². The first kappa shape index (κ1) is 22.9. The van der Waals surface area contributed by atoms with E-state index in [1.54, 1.807) is 19.1 Å². The van der Waals surface area contributed by atoms with E-state index >= 15 is 0 Å². The average molecular weight is 478 g/mol. The highest BCUT2D eigenvalue weighted by molar-refractivity contribution is 7.86. The van der Waals surface area contributed by atoms with Crippen LogP contribution in [0.1, 0.15) is 11.1 Å². The van der Waals surface area contributed by atoms with Crippen molar-refractivity contribution < 1.29 is 30.5 Å². The molecule has 0 aliphatic carbocycles. The molecule has 1 fully saturated rings. The molecule has 1 aliphatic rings. The molecule has 8 nitrogen and oxygen atoms in total. The number of alkyl halides is 3. The van der Waals surface area contributed by atoms with Crippen LogP contribution in [0.2, 0.25) is 0 Å². The van der Waals surface area contributed by atoms with Crippen molar-refractivity contribution >= 4 is 26.8 Å². The summed E-state index contributed by atoms with van der Waals surface area (Å²) in [5.41, 5.74) is 1.69. The van der Waals surface area contributed by atoms with Gasteiger partial charge in [0.1, 0.15) is 17.1 Å². The molecule has 3 aromatic rings. The summed E-state index contributed by atoms with van der Waals surface area (Å²) >= 11 is 0. The third-order valence-electron chi connectivity index (χ3n) is 5.05. The number of hydrogen-bond donors (Lipinski definition) is 0. The second-order valence-corrected chi connectivity index (χ2v) is 8.93. The van der Waals surface area contributed by atoms with Crippen LogP contribution in [0.5, 0.6) is 0 Å². The Labute approximate surface area is 187 Å². The molecule has 0 bridgehead atoms. The first-order valence-electron chi connectivity index (χ1n) is 9.69. The van der Waals surface area contributed by atoms with Gasteiger partial charge in [0, 0.05) is 12.4 Å². The average Bonchev–Trinajstić information content (AvgIpc) is 2.77. The van der Waals surface area contributed by atoms with Gasteiger partial charge in [-0.2, -0.15) is 26.9 Å². The highest BCUT2D eigenvalue weighted by atomic mass is 32.2. The lowest BCUT2D eigenvalue weighted by Crippen LogP contribution is -2.54. The van der Waals surface area contributed by atoms with Crippen molar-refractivity contribution in [3.8, 4) is 6.07 Å². The Morgan fingerprint density at radius 1 is 1.09 bits per heavy atom. The minimum absolute atomic E-state index is 0.202. The van der Waals surface area contributed by atoms with Crippen molar-refractivity contribution in [3.05, 3.63) is 59.9 Å². The third kappa shape index (κ3) is 4.75. The van der Waals surface area contributed by atoms with E-state index in [4.69, 9.17) is 8.92 Å². The third-order valence-corrected chi connectivity index (χ3v) is 6.36. The molecule has 12 heteroatoms. The lowest BCUT2D eigenvalue weighted by molar-refractivity contribution is -0.260. The van der Waals surface area contributed by atoms with Crippen LogP contribution in [-0.4, -0.2) is 50.0 Å². The quantitative estimate of drug-likeness (QED) is 0.526. The molecule has 0 radical (unpaired) electrons. The van der Waals surface area contributed by atoms with Gasteiger partial charge >= 0.3 is 6.18 Å². The van der Waals surface area contributed by atoms with Gasteiger partial charge in [-0.25, -0.2) is 4.18 Å². The topological polar surface area (TPSA) is 105 Å². The lowest BCUT2D eigenvalue weighted by atomic mass is 10.1. The largest absolute Gasteiger partial charge is 0.416 e. The Kier molecular flexibility index (Phi) is 5.96. The molecule has 0 N–H and O–H groups in total. The number of anilines is 1. The van der Waals surface area contributed by atoms with Crippen LogP contribution in [0.4, 0.5) is 18.9 Å². The summed E-state index contributed by atoms with van der Waals surface area (Å²) < 4.78 is 76.2. The minimum Gasteiger partial charge on any atom is -0.362 e. The number of ether oxygens (including phenoxy) is 1. The molecule has 1 aliphatic heterocycles. The molecule has 1 saturated heterocycles. The predicted octanol–water partition coefficient (Wildman–Crippen LogP) is 3.31. The Balaban J connectivity index is 1.70. The van der Waals surface area contributed by atoms with Gasteiger partial charge in [0.15, 0.2) is 12.4 Å². The summed E-state index contributed by atoms with van der Waals surface area (Å²) in [6, 6.07) is 10.5. The van der Waals surface area contributed by atoms with Crippen LogP contribution in [0.3, 0.4) is 0 Å². The number of nitrogens with zero attached hydrogens (tertiary/aromatic N) is 4. The van der Waals surface area contributed by atoms with Gasteiger partial charge in [-0.05, 0) is 31.2 Å². The van der Waals surface area contributed by atoms with E-state index in [2.05, 4.69) is 9.97 Å². The van der Waals surface area contributed by atoms with Crippen LogP contribution in [0.15, 0.2) is 53.7 Å². The van der Waals surface area contributed by atoms with E-state index in [0.29, 0.717) is 0 Å². The van der Waals surface area contributed by atoms with E-state index in [0.717, 1.165) is 5.56 Å². The second-order valence-electron chi connectivity index (χ2n) is 7.36. The number of hydrogen-bond acceptors (Lipinski definition) is 8. The number of morpholine rings is 1. The van der Waals surface area contributed by atoms with Gasteiger partial charge in [0.05, 0.1) is 29.2 Å². The minimum atomic E-state index is -4.78. The van der Waals surface area contributed by atoms with Crippen LogP contribution in [0.25, 0.3) is 11.0 Å². The second kappa shape index (κ2) is 8.58. The lowest BCUT2D eigenvalue weighted by Gasteiger charge is -2.39. The SMILES string of the molecule is Cc1ccc(S(=O)(=O)O[C@H]2CN(c3ccc(C#N)c4nccnc34)C[C@@H](C(F)(F)F)O2)cc1. The molecule has 1 aromatic heterocycles. The van der Waals surface area contributed by atoms with Crippen molar-refractivity contribution in [2.45, 2.75) is 30.4 Å². The summed E-state index contributed by atoms with van der Waals surface area (Å²) in [4.78, 5) is 9.35.